The van der Waals surface area contributed by atoms with Crippen molar-refractivity contribution in [1.82, 2.24) is 9.97 Å². The largest absolute Gasteiger partial charge is 0.456 e. The van der Waals surface area contributed by atoms with Crippen molar-refractivity contribution in [2.24, 2.45) is 0 Å². The van der Waals surface area contributed by atoms with Gasteiger partial charge in [0, 0.05) is 23.2 Å². The fourth-order valence-corrected chi connectivity index (χ4v) is 7.02. The summed E-state index contributed by atoms with van der Waals surface area (Å²) in [4.78, 5) is 8.27. The van der Waals surface area contributed by atoms with Crippen molar-refractivity contribution >= 4 is 43.5 Å². The fraction of sp³-hybridized carbons (Fsp3) is 0. The van der Waals surface area contributed by atoms with Gasteiger partial charge in [-0.25, -0.2) is 9.97 Å². The molecule has 0 spiro atoms. The van der Waals surface area contributed by atoms with E-state index in [1.54, 1.807) is 12.4 Å². The van der Waals surface area contributed by atoms with Crippen LogP contribution in [0.3, 0.4) is 0 Å². The molecule has 0 aliphatic rings. The molecule has 6 aromatic carbocycles. The van der Waals surface area contributed by atoms with Crippen LogP contribution in [0.1, 0.15) is 11.4 Å². The zero-order valence-electron chi connectivity index (χ0n) is 26.1. The Bertz CT molecular complexity index is 2840. The van der Waals surface area contributed by atoms with Crippen molar-refractivity contribution in [2.45, 2.75) is 0 Å². The number of hydrogen-bond donors (Lipinski definition) is 0. The molecule has 0 bridgehead atoms. The topological polar surface area (TPSA) is 86.5 Å². The summed E-state index contributed by atoms with van der Waals surface area (Å²) in [5, 5.41) is 25.4. The van der Waals surface area contributed by atoms with E-state index in [1.807, 2.05) is 42.5 Å². The van der Waals surface area contributed by atoms with E-state index < -0.39 is 0 Å². The van der Waals surface area contributed by atoms with Crippen LogP contribution >= 0.6 is 0 Å². The maximum Gasteiger partial charge on any atom is 0.141 e. The number of nitriles is 2. The Labute approximate surface area is 281 Å². The van der Waals surface area contributed by atoms with Gasteiger partial charge in [0.25, 0.3) is 0 Å². The Hall–Kier alpha value is -7.08. The molecule has 0 aliphatic carbocycles. The summed E-state index contributed by atoms with van der Waals surface area (Å²) < 4.78 is 6.43. The van der Waals surface area contributed by atoms with Crippen molar-refractivity contribution in [3.63, 3.8) is 0 Å². The minimum absolute atomic E-state index is 0.393. The first kappa shape index (κ1) is 28.2. The van der Waals surface area contributed by atoms with Crippen LogP contribution < -0.4 is 0 Å². The third-order valence-corrected chi connectivity index (χ3v) is 9.28. The van der Waals surface area contributed by atoms with E-state index in [4.69, 9.17) is 4.42 Å². The zero-order valence-corrected chi connectivity index (χ0v) is 26.1. The third-order valence-electron chi connectivity index (χ3n) is 9.28. The summed E-state index contributed by atoms with van der Waals surface area (Å²) in [6.45, 7) is 0. The normalized spacial score (nSPS) is 11.2. The van der Waals surface area contributed by atoms with Crippen LogP contribution in [0.2, 0.25) is 0 Å². The summed E-state index contributed by atoms with van der Waals surface area (Å²) >= 11 is 0. The smallest absolute Gasteiger partial charge is 0.141 e. The lowest BCUT2D eigenvalue weighted by Crippen LogP contribution is -1.92. The number of fused-ring (bicyclic) bond motifs is 5. The van der Waals surface area contributed by atoms with E-state index in [0.717, 1.165) is 88.0 Å². The molecule has 0 N–H and O–H groups in total. The summed E-state index contributed by atoms with van der Waals surface area (Å²) in [7, 11) is 0. The van der Waals surface area contributed by atoms with Gasteiger partial charge in [-0.1, -0.05) is 91.0 Å². The van der Waals surface area contributed by atoms with E-state index in [1.165, 1.54) is 0 Å². The molecule has 3 aromatic heterocycles. The first-order valence-corrected chi connectivity index (χ1v) is 15.9. The van der Waals surface area contributed by atoms with Gasteiger partial charge in [0.05, 0.1) is 0 Å². The van der Waals surface area contributed by atoms with Crippen LogP contribution in [-0.4, -0.2) is 9.97 Å². The monoisotopic (exact) mass is 624 g/mol. The summed E-state index contributed by atoms with van der Waals surface area (Å²) in [6, 6.07) is 50.1. The Balaban J connectivity index is 1.31. The first-order valence-electron chi connectivity index (χ1n) is 15.9. The molecule has 0 saturated heterocycles. The van der Waals surface area contributed by atoms with Crippen LogP contribution in [0.25, 0.3) is 88.0 Å². The number of hydrogen-bond acceptors (Lipinski definition) is 5. The van der Waals surface area contributed by atoms with Gasteiger partial charge in [0.2, 0.25) is 0 Å². The molecule has 226 valence electrons. The van der Waals surface area contributed by atoms with E-state index >= 15 is 0 Å². The predicted molar refractivity (Wildman–Crippen MR) is 195 cm³/mol. The first-order chi connectivity index (χ1) is 24.2. The van der Waals surface area contributed by atoms with Crippen molar-refractivity contribution in [3.05, 3.63) is 157 Å². The number of pyridine rings is 2. The summed E-state index contributed by atoms with van der Waals surface area (Å²) in [5.74, 6) is 0. The molecule has 0 amide bonds. The Kier molecular flexibility index (Phi) is 6.50. The lowest BCUT2D eigenvalue weighted by Gasteiger charge is -2.18. The van der Waals surface area contributed by atoms with Crippen LogP contribution in [0.5, 0.6) is 0 Å². The van der Waals surface area contributed by atoms with Gasteiger partial charge in [-0.2, -0.15) is 10.5 Å². The lowest BCUT2D eigenvalue weighted by molar-refractivity contribution is 0.669. The minimum atomic E-state index is 0.393. The van der Waals surface area contributed by atoms with E-state index in [0.29, 0.717) is 11.4 Å². The van der Waals surface area contributed by atoms with E-state index in [9.17, 15) is 10.5 Å². The van der Waals surface area contributed by atoms with Gasteiger partial charge in [0.1, 0.15) is 34.7 Å². The second-order valence-electron chi connectivity index (χ2n) is 12.0. The van der Waals surface area contributed by atoms with Crippen molar-refractivity contribution in [1.29, 1.82) is 10.5 Å². The molecule has 5 nitrogen and oxygen atoms in total. The van der Waals surface area contributed by atoms with Crippen LogP contribution in [-0.2, 0) is 0 Å². The number of benzene rings is 6. The Morgan fingerprint density at radius 1 is 0.388 bits per heavy atom. The molecule has 9 rings (SSSR count). The number of para-hydroxylation sites is 1. The molecular weight excluding hydrogens is 601 g/mol. The van der Waals surface area contributed by atoms with E-state index in [-0.39, 0.29) is 0 Å². The SMILES string of the molecule is N#Cc1cc(-c2ccc(-c3c4ccccc4c(-c4ccc(-c5ccnc(C#N)c5)cc4)c4cc5c(cc34)oc3ccccc35)cc2)ccn1. The van der Waals surface area contributed by atoms with Gasteiger partial charge < -0.3 is 4.42 Å². The van der Waals surface area contributed by atoms with Crippen LogP contribution in [0.15, 0.2) is 150 Å². The molecule has 5 heteroatoms. The highest BCUT2D eigenvalue weighted by Gasteiger charge is 2.20. The highest BCUT2D eigenvalue weighted by Crippen LogP contribution is 2.46. The van der Waals surface area contributed by atoms with Crippen LogP contribution in [0, 0.1) is 22.7 Å². The molecule has 0 fully saturated rings. The maximum atomic E-state index is 9.39. The minimum Gasteiger partial charge on any atom is -0.456 e. The highest BCUT2D eigenvalue weighted by molar-refractivity contribution is 6.25. The van der Waals surface area contributed by atoms with Gasteiger partial charge in [-0.05, 0) is 109 Å². The van der Waals surface area contributed by atoms with Crippen molar-refractivity contribution in [3.8, 4) is 56.6 Å². The van der Waals surface area contributed by atoms with Crippen LogP contribution in [0.4, 0.5) is 0 Å². The predicted octanol–water partition coefficient (Wildman–Crippen LogP) is 11.1. The number of rotatable bonds is 4. The second kappa shape index (κ2) is 11.3. The number of furan rings is 1. The zero-order chi connectivity index (χ0) is 32.9. The number of aromatic nitrogens is 2. The molecule has 0 atom stereocenters. The van der Waals surface area contributed by atoms with Gasteiger partial charge >= 0.3 is 0 Å². The molecule has 0 radical (unpaired) electrons. The average Bonchev–Trinajstić information content (AvgIpc) is 3.54. The Morgan fingerprint density at radius 2 is 0.857 bits per heavy atom. The van der Waals surface area contributed by atoms with Gasteiger partial charge in [-0.15, -0.1) is 0 Å². The van der Waals surface area contributed by atoms with E-state index in [2.05, 4.69) is 113 Å². The molecule has 0 saturated carbocycles. The third kappa shape index (κ3) is 4.69. The van der Waals surface area contributed by atoms with Crippen molar-refractivity contribution in [2.75, 3.05) is 0 Å². The molecule has 0 unspecified atom stereocenters. The fourth-order valence-electron chi connectivity index (χ4n) is 7.02. The number of nitrogens with zero attached hydrogens (tertiary/aromatic N) is 4. The summed E-state index contributed by atoms with van der Waals surface area (Å²) in [6.07, 6.45) is 3.35. The maximum absolute atomic E-state index is 9.39. The molecular formula is C44H24N4O. The van der Waals surface area contributed by atoms with Gasteiger partial charge in [-0.3, -0.25) is 0 Å². The molecule has 9 aromatic rings. The highest BCUT2D eigenvalue weighted by atomic mass is 16.3. The average molecular weight is 625 g/mol. The lowest BCUT2D eigenvalue weighted by atomic mass is 9.85. The summed E-state index contributed by atoms with van der Waals surface area (Å²) in [5.41, 5.74) is 10.9. The van der Waals surface area contributed by atoms with Crippen molar-refractivity contribution < 1.29 is 4.42 Å². The van der Waals surface area contributed by atoms with Gasteiger partial charge in [0.15, 0.2) is 0 Å². The second-order valence-corrected chi connectivity index (χ2v) is 12.0. The Morgan fingerprint density at radius 3 is 1.39 bits per heavy atom. The quantitative estimate of drug-likeness (QED) is 0.182. The molecule has 49 heavy (non-hydrogen) atoms. The standard InChI is InChI=1S/C44H24N4O/c45-25-33-21-31(17-19-47-33)27-9-13-29(14-10-27)43-36-6-1-2-7-37(36)44(30-15-11-28(12-16-30)32-18-20-48-34(22-32)26-46)40-24-42-38(23-39(40)43)35-5-3-4-8-41(35)49-42/h1-24H. The molecule has 3 heterocycles. The molecule has 0 aliphatic heterocycles.